The number of amides is 1. The van der Waals surface area contributed by atoms with Gasteiger partial charge in [-0.3, -0.25) is 9.48 Å². The maximum absolute atomic E-state index is 12.4. The van der Waals surface area contributed by atoms with Gasteiger partial charge in [-0.2, -0.15) is 5.10 Å². The van der Waals surface area contributed by atoms with Crippen LogP contribution >= 0.6 is 0 Å². The summed E-state index contributed by atoms with van der Waals surface area (Å²) in [7, 11) is 1.84. The molecular formula is C19H23N3O4. The molecule has 0 radical (unpaired) electrons. The molecule has 1 N–H and O–H groups in total. The zero-order valence-corrected chi connectivity index (χ0v) is 15.2. The lowest BCUT2D eigenvalue weighted by atomic mass is 9.88. The summed E-state index contributed by atoms with van der Waals surface area (Å²) in [4.78, 5) is 25.7. The van der Waals surface area contributed by atoms with Crippen LogP contribution in [0.5, 0.6) is 0 Å². The van der Waals surface area contributed by atoms with E-state index in [2.05, 4.69) is 5.10 Å². The predicted molar refractivity (Wildman–Crippen MR) is 94.7 cm³/mol. The molecule has 0 saturated carbocycles. The van der Waals surface area contributed by atoms with Gasteiger partial charge in [0.25, 0.3) is 0 Å². The number of carbonyl (C=O) groups is 2. The third-order valence-corrected chi connectivity index (χ3v) is 5.04. The molecule has 0 aliphatic carbocycles. The van der Waals surface area contributed by atoms with Crippen LogP contribution in [0, 0.1) is 19.8 Å². The van der Waals surface area contributed by atoms with E-state index in [1.54, 1.807) is 4.68 Å². The van der Waals surface area contributed by atoms with Crippen molar-refractivity contribution in [1.29, 1.82) is 0 Å². The fourth-order valence-corrected chi connectivity index (χ4v) is 3.63. The lowest BCUT2D eigenvalue weighted by Gasteiger charge is -2.16. The Balaban J connectivity index is 1.74. The molecule has 138 valence electrons. The van der Waals surface area contributed by atoms with Gasteiger partial charge < -0.3 is 14.7 Å². The van der Waals surface area contributed by atoms with Gasteiger partial charge in [-0.15, -0.1) is 0 Å². The van der Waals surface area contributed by atoms with E-state index < -0.39 is 18.0 Å². The molecule has 7 nitrogen and oxygen atoms in total. The number of ether oxygens (including phenoxy) is 1. The quantitative estimate of drug-likeness (QED) is 0.909. The first kappa shape index (κ1) is 18.0. The maximum Gasteiger partial charge on any atom is 0.410 e. The van der Waals surface area contributed by atoms with Gasteiger partial charge in [0.15, 0.2) is 0 Å². The van der Waals surface area contributed by atoms with Gasteiger partial charge in [0, 0.05) is 37.3 Å². The molecule has 1 aromatic carbocycles. The first-order valence-corrected chi connectivity index (χ1v) is 8.57. The second-order valence-corrected chi connectivity index (χ2v) is 6.70. The Labute approximate surface area is 152 Å². The molecule has 2 atom stereocenters. The molecule has 2 unspecified atom stereocenters. The summed E-state index contributed by atoms with van der Waals surface area (Å²) < 4.78 is 7.11. The molecule has 26 heavy (non-hydrogen) atoms. The van der Waals surface area contributed by atoms with E-state index in [1.807, 2.05) is 51.2 Å². The van der Waals surface area contributed by atoms with Crippen molar-refractivity contribution in [2.75, 3.05) is 13.1 Å². The number of carbonyl (C=O) groups excluding carboxylic acids is 1. The lowest BCUT2D eigenvalue weighted by Crippen LogP contribution is -2.30. The van der Waals surface area contributed by atoms with E-state index in [0.717, 1.165) is 22.5 Å². The highest BCUT2D eigenvalue weighted by molar-refractivity contribution is 5.76. The van der Waals surface area contributed by atoms with E-state index in [-0.39, 0.29) is 19.1 Å². The number of likely N-dealkylation sites (tertiary alicyclic amines) is 1. The van der Waals surface area contributed by atoms with E-state index in [1.165, 1.54) is 4.90 Å². The molecule has 2 heterocycles. The molecule has 1 fully saturated rings. The highest BCUT2D eigenvalue weighted by atomic mass is 16.6. The SMILES string of the molecule is Cc1nn(C)c(C)c1C1CN(C(=O)OCc2ccccc2)CC1C(=O)O. The summed E-state index contributed by atoms with van der Waals surface area (Å²) in [5.74, 6) is -1.86. The van der Waals surface area contributed by atoms with Crippen LogP contribution in [0.2, 0.25) is 0 Å². The van der Waals surface area contributed by atoms with Gasteiger partial charge in [0.2, 0.25) is 0 Å². The van der Waals surface area contributed by atoms with E-state index in [9.17, 15) is 14.7 Å². The van der Waals surface area contributed by atoms with Crippen LogP contribution in [0.3, 0.4) is 0 Å². The second kappa shape index (κ2) is 7.19. The Morgan fingerprint density at radius 2 is 1.92 bits per heavy atom. The monoisotopic (exact) mass is 357 g/mol. The Morgan fingerprint density at radius 1 is 1.23 bits per heavy atom. The number of carboxylic acids is 1. The van der Waals surface area contributed by atoms with E-state index in [4.69, 9.17) is 4.74 Å². The van der Waals surface area contributed by atoms with Crippen molar-refractivity contribution in [2.24, 2.45) is 13.0 Å². The number of aliphatic carboxylic acids is 1. The minimum atomic E-state index is -0.906. The minimum absolute atomic E-state index is 0.140. The zero-order valence-electron chi connectivity index (χ0n) is 15.2. The van der Waals surface area contributed by atoms with Crippen molar-refractivity contribution in [3.63, 3.8) is 0 Å². The van der Waals surface area contributed by atoms with E-state index in [0.29, 0.717) is 6.54 Å². The molecule has 3 rings (SSSR count). The molecule has 0 spiro atoms. The zero-order chi connectivity index (χ0) is 18.8. The number of aromatic nitrogens is 2. The van der Waals surface area contributed by atoms with Gasteiger partial charge in [0.1, 0.15) is 6.61 Å². The normalized spacial score (nSPS) is 19.6. The second-order valence-electron chi connectivity index (χ2n) is 6.70. The van der Waals surface area contributed by atoms with Crippen LogP contribution in [-0.2, 0) is 23.2 Å². The number of benzene rings is 1. The van der Waals surface area contributed by atoms with Crippen LogP contribution < -0.4 is 0 Å². The highest BCUT2D eigenvalue weighted by Crippen LogP contribution is 2.36. The average molecular weight is 357 g/mol. The molecule has 1 aliphatic heterocycles. The number of aryl methyl sites for hydroxylation is 2. The largest absolute Gasteiger partial charge is 0.481 e. The van der Waals surface area contributed by atoms with Crippen molar-refractivity contribution < 1.29 is 19.4 Å². The third kappa shape index (κ3) is 3.42. The number of carboxylic acid groups (broad SMARTS) is 1. The summed E-state index contributed by atoms with van der Waals surface area (Å²) in [5.41, 5.74) is 3.54. The van der Waals surface area contributed by atoms with Crippen LogP contribution in [0.4, 0.5) is 4.79 Å². The third-order valence-electron chi connectivity index (χ3n) is 5.04. The van der Waals surface area contributed by atoms with Crippen LogP contribution in [-0.4, -0.2) is 44.9 Å². The summed E-state index contributed by atoms with van der Waals surface area (Å²) >= 11 is 0. The predicted octanol–water partition coefficient (Wildman–Crippen LogP) is 2.47. The number of hydrogen-bond acceptors (Lipinski definition) is 4. The maximum atomic E-state index is 12.4. The van der Waals surface area contributed by atoms with Crippen molar-refractivity contribution >= 4 is 12.1 Å². The van der Waals surface area contributed by atoms with Crippen molar-refractivity contribution in [2.45, 2.75) is 26.4 Å². The first-order chi connectivity index (χ1) is 12.4. The van der Waals surface area contributed by atoms with Crippen molar-refractivity contribution in [3.8, 4) is 0 Å². The summed E-state index contributed by atoms with van der Waals surface area (Å²) in [6.07, 6.45) is -0.484. The van der Waals surface area contributed by atoms with Gasteiger partial charge in [-0.05, 0) is 19.4 Å². The Hall–Kier alpha value is -2.83. The molecule has 1 saturated heterocycles. The van der Waals surface area contributed by atoms with Crippen molar-refractivity contribution in [3.05, 3.63) is 52.8 Å². The molecule has 7 heteroatoms. The average Bonchev–Trinajstić information content (AvgIpc) is 3.15. The van der Waals surface area contributed by atoms with Crippen LogP contribution in [0.15, 0.2) is 30.3 Å². The molecule has 0 bridgehead atoms. The van der Waals surface area contributed by atoms with Gasteiger partial charge in [0.05, 0.1) is 11.6 Å². The topological polar surface area (TPSA) is 84.7 Å². The number of rotatable bonds is 4. The molecule has 1 aliphatic rings. The summed E-state index contributed by atoms with van der Waals surface area (Å²) in [5, 5.41) is 14.0. The Morgan fingerprint density at radius 3 is 2.50 bits per heavy atom. The molecule has 2 aromatic rings. The standard InChI is InChI=1S/C19H23N3O4/c1-12-17(13(2)21(3)20-12)15-9-22(10-16(15)18(23)24)19(25)26-11-14-7-5-4-6-8-14/h4-8,15-16H,9-11H2,1-3H3,(H,23,24). The summed E-state index contributed by atoms with van der Waals surface area (Å²) in [6, 6.07) is 9.41. The lowest BCUT2D eigenvalue weighted by molar-refractivity contribution is -0.141. The number of nitrogens with zero attached hydrogens (tertiary/aromatic N) is 3. The van der Waals surface area contributed by atoms with Gasteiger partial charge in [-0.25, -0.2) is 4.79 Å². The Bertz CT molecular complexity index is 816. The van der Waals surface area contributed by atoms with Crippen LogP contribution in [0.25, 0.3) is 0 Å². The number of hydrogen-bond donors (Lipinski definition) is 1. The fraction of sp³-hybridized carbons (Fsp3) is 0.421. The molecule has 1 aromatic heterocycles. The molecular weight excluding hydrogens is 334 g/mol. The van der Waals surface area contributed by atoms with Gasteiger partial charge >= 0.3 is 12.1 Å². The van der Waals surface area contributed by atoms with Crippen molar-refractivity contribution in [1.82, 2.24) is 14.7 Å². The Kier molecular flexibility index (Phi) is 4.97. The smallest absolute Gasteiger partial charge is 0.410 e. The van der Waals surface area contributed by atoms with Crippen LogP contribution in [0.1, 0.15) is 28.4 Å². The fourth-order valence-electron chi connectivity index (χ4n) is 3.63. The minimum Gasteiger partial charge on any atom is -0.481 e. The highest BCUT2D eigenvalue weighted by Gasteiger charge is 2.43. The molecule has 1 amide bonds. The van der Waals surface area contributed by atoms with E-state index >= 15 is 0 Å². The first-order valence-electron chi connectivity index (χ1n) is 8.57. The summed E-state index contributed by atoms with van der Waals surface area (Å²) in [6.45, 7) is 4.42. The van der Waals surface area contributed by atoms with Gasteiger partial charge in [-0.1, -0.05) is 30.3 Å².